The molecule has 1 atom stereocenters. The second-order valence-electron chi connectivity index (χ2n) is 4.63. The van der Waals surface area contributed by atoms with E-state index in [1.807, 2.05) is 0 Å². The number of nitrogens with one attached hydrogen (secondary N) is 1. The fourth-order valence-electron chi connectivity index (χ4n) is 1.91. The normalized spacial score (nSPS) is 12.5. The second-order valence-corrected chi connectivity index (χ2v) is 4.63. The van der Waals surface area contributed by atoms with Gasteiger partial charge in [0, 0.05) is 0 Å². The Hall–Kier alpha value is -2.66. The third-order valence-electron chi connectivity index (χ3n) is 3.07. The third-order valence-corrected chi connectivity index (χ3v) is 3.07. The van der Waals surface area contributed by atoms with Crippen LogP contribution in [-0.4, -0.2) is 16.7 Å². The van der Waals surface area contributed by atoms with Gasteiger partial charge in [-0.05, 0) is 29.8 Å². The number of halogens is 4. The lowest BCUT2D eigenvalue weighted by Crippen LogP contribution is -2.18. The van der Waals surface area contributed by atoms with Crippen LogP contribution in [0, 0.1) is 17.1 Å². The Bertz CT molecular complexity index is 723. The Kier molecular flexibility index (Phi) is 4.81. The summed E-state index contributed by atoms with van der Waals surface area (Å²) < 4.78 is 51.1. The molecule has 0 amide bonds. The fraction of sp³-hybridized carbons (Fsp3) is 0.200. The van der Waals surface area contributed by atoms with Crippen LogP contribution in [0.4, 0.5) is 23.4 Å². The molecule has 8 heteroatoms. The molecule has 0 fully saturated rings. The number of anilines is 1. The van der Waals surface area contributed by atoms with Crippen molar-refractivity contribution in [2.45, 2.75) is 12.2 Å². The molecule has 0 aliphatic carbocycles. The predicted octanol–water partition coefficient (Wildman–Crippen LogP) is 3.26. The minimum Gasteiger partial charge on any atom is -0.394 e. The molecule has 0 saturated heterocycles. The van der Waals surface area contributed by atoms with Crippen molar-refractivity contribution in [3.05, 3.63) is 59.0 Å². The summed E-state index contributed by atoms with van der Waals surface area (Å²) in [5.74, 6) is -0.786. The van der Waals surface area contributed by atoms with Crippen LogP contribution in [-0.2, 0) is 6.18 Å². The van der Waals surface area contributed by atoms with Crippen LogP contribution in [0.1, 0.15) is 22.9 Å². The smallest absolute Gasteiger partial charge is 0.394 e. The number of hydrogen-bond acceptors (Lipinski definition) is 4. The number of aliphatic hydroxyl groups is 1. The maximum atomic E-state index is 12.9. The highest BCUT2D eigenvalue weighted by Gasteiger charge is 2.33. The Morgan fingerprint density at radius 2 is 1.83 bits per heavy atom. The van der Waals surface area contributed by atoms with Gasteiger partial charge in [0.05, 0.1) is 18.2 Å². The summed E-state index contributed by atoms with van der Waals surface area (Å²) in [5.41, 5.74) is -0.814. The average molecular weight is 325 g/mol. The first-order valence-corrected chi connectivity index (χ1v) is 6.46. The molecule has 0 bridgehead atoms. The molecule has 0 aliphatic rings. The first-order chi connectivity index (χ1) is 10.8. The minimum atomic E-state index is -4.66. The van der Waals surface area contributed by atoms with Gasteiger partial charge in [0.2, 0.25) is 0 Å². The van der Waals surface area contributed by atoms with Crippen molar-refractivity contribution >= 4 is 5.82 Å². The number of nitrogens with zero attached hydrogens (tertiary/aromatic N) is 2. The van der Waals surface area contributed by atoms with E-state index in [-0.39, 0.29) is 11.4 Å². The van der Waals surface area contributed by atoms with E-state index in [2.05, 4.69) is 10.3 Å². The number of pyridine rings is 1. The highest BCUT2D eigenvalue weighted by Crippen LogP contribution is 2.30. The number of hydrogen-bond donors (Lipinski definition) is 2. The maximum Gasteiger partial charge on any atom is 0.433 e. The van der Waals surface area contributed by atoms with E-state index in [1.54, 1.807) is 6.07 Å². The van der Waals surface area contributed by atoms with Crippen molar-refractivity contribution in [2.75, 3.05) is 11.9 Å². The molecule has 0 radical (unpaired) electrons. The molecule has 120 valence electrons. The van der Waals surface area contributed by atoms with E-state index in [1.165, 1.54) is 12.1 Å². The number of alkyl halides is 3. The SMILES string of the molecule is N#Cc1ccc(C(F)(F)F)nc1N[C@@H](CO)c1ccc(F)cc1. The molecular weight excluding hydrogens is 314 g/mol. The summed E-state index contributed by atoms with van der Waals surface area (Å²) in [4.78, 5) is 3.40. The first-order valence-electron chi connectivity index (χ1n) is 6.46. The van der Waals surface area contributed by atoms with Gasteiger partial charge in [-0.3, -0.25) is 0 Å². The van der Waals surface area contributed by atoms with Crippen molar-refractivity contribution in [1.29, 1.82) is 5.26 Å². The molecule has 0 spiro atoms. The molecule has 1 heterocycles. The van der Waals surface area contributed by atoms with Gasteiger partial charge < -0.3 is 10.4 Å². The highest BCUT2D eigenvalue weighted by atomic mass is 19.4. The van der Waals surface area contributed by atoms with E-state index in [4.69, 9.17) is 5.26 Å². The lowest BCUT2D eigenvalue weighted by Gasteiger charge is -2.19. The van der Waals surface area contributed by atoms with Crippen molar-refractivity contribution in [2.24, 2.45) is 0 Å². The Morgan fingerprint density at radius 1 is 1.17 bits per heavy atom. The van der Waals surface area contributed by atoms with Crippen LogP contribution >= 0.6 is 0 Å². The average Bonchev–Trinajstić information content (AvgIpc) is 2.52. The Labute approximate surface area is 129 Å². The molecule has 2 aromatic rings. The summed E-state index contributed by atoms with van der Waals surface area (Å²) in [5, 5.41) is 21.0. The van der Waals surface area contributed by atoms with Gasteiger partial charge in [-0.1, -0.05) is 12.1 Å². The van der Waals surface area contributed by atoms with Gasteiger partial charge in [-0.25, -0.2) is 9.37 Å². The van der Waals surface area contributed by atoms with Crippen LogP contribution in [0.5, 0.6) is 0 Å². The summed E-state index contributed by atoms with van der Waals surface area (Å²) in [6.07, 6.45) is -4.66. The molecule has 1 aromatic carbocycles. The zero-order valence-corrected chi connectivity index (χ0v) is 11.6. The van der Waals surface area contributed by atoms with Gasteiger partial charge in [0.1, 0.15) is 23.4 Å². The number of aromatic nitrogens is 1. The standard InChI is InChI=1S/C15H11F4N3O/c16-11-4-1-9(2-5-11)12(8-23)21-14-10(7-20)3-6-13(22-14)15(17,18)19/h1-6,12,23H,8H2,(H,21,22)/t12-/m0/s1. The van der Waals surface area contributed by atoms with Crippen molar-refractivity contribution in [3.63, 3.8) is 0 Å². The van der Waals surface area contributed by atoms with Gasteiger partial charge in [0.25, 0.3) is 0 Å². The molecule has 1 aromatic heterocycles. The zero-order valence-electron chi connectivity index (χ0n) is 11.6. The molecule has 23 heavy (non-hydrogen) atoms. The number of aliphatic hydroxyl groups excluding tert-OH is 1. The third kappa shape index (κ3) is 3.96. The monoisotopic (exact) mass is 325 g/mol. The minimum absolute atomic E-state index is 0.0986. The molecule has 0 saturated carbocycles. The van der Waals surface area contributed by atoms with Crippen LogP contribution in [0.2, 0.25) is 0 Å². The van der Waals surface area contributed by atoms with E-state index in [0.29, 0.717) is 11.6 Å². The predicted molar refractivity (Wildman–Crippen MR) is 73.8 cm³/mol. The van der Waals surface area contributed by atoms with Crippen LogP contribution < -0.4 is 5.32 Å². The van der Waals surface area contributed by atoms with Crippen molar-refractivity contribution < 1.29 is 22.7 Å². The van der Waals surface area contributed by atoms with Gasteiger partial charge in [-0.2, -0.15) is 18.4 Å². The Balaban J connectivity index is 2.36. The van der Waals surface area contributed by atoms with Gasteiger partial charge >= 0.3 is 6.18 Å². The van der Waals surface area contributed by atoms with E-state index < -0.39 is 30.3 Å². The van der Waals surface area contributed by atoms with Gasteiger partial charge in [-0.15, -0.1) is 0 Å². The van der Waals surface area contributed by atoms with Crippen LogP contribution in [0.3, 0.4) is 0 Å². The highest BCUT2D eigenvalue weighted by molar-refractivity contribution is 5.54. The zero-order chi connectivity index (χ0) is 17.0. The topological polar surface area (TPSA) is 68.9 Å². The largest absolute Gasteiger partial charge is 0.433 e. The van der Waals surface area contributed by atoms with Crippen molar-refractivity contribution in [3.8, 4) is 6.07 Å². The van der Waals surface area contributed by atoms with E-state index in [0.717, 1.165) is 18.2 Å². The molecule has 2 N–H and O–H groups in total. The molecule has 0 unspecified atom stereocenters. The Morgan fingerprint density at radius 3 is 2.35 bits per heavy atom. The first kappa shape index (κ1) is 16.7. The van der Waals surface area contributed by atoms with E-state index >= 15 is 0 Å². The second kappa shape index (κ2) is 6.62. The molecule has 4 nitrogen and oxygen atoms in total. The van der Waals surface area contributed by atoms with Crippen molar-refractivity contribution in [1.82, 2.24) is 4.98 Å². The lowest BCUT2D eigenvalue weighted by atomic mass is 10.1. The molecule has 0 aliphatic heterocycles. The number of rotatable bonds is 4. The number of nitriles is 1. The quantitative estimate of drug-likeness (QED) is 0.847. The van der Waals surface area contributed by atoms with Crippen LogP contribution in [0.15, 0.2) is 36.4 Å². The van der Waals surface area contributed by atoms with E-state index in [9.17, 15) is 22.7 Å². The lowest BCUT2D eigenvalue weighted by molar-refractivity contribution is -0.141. The fourth-order valence-corrected chi connectivity index (χ4v) is 1.91. The summed E-state index contributed by atoms with van der Waals surface area (Å²) in [7, 11) is 0. The molecule has 2 rings (SSSR count). The summed E-state index contributed by atoms with van der Waals surface area (Å²) >= 11 is 0. The summed E-state index contributed by atoms with van der Waals surface area (Å²) in [6, 6.07) is 7.67. The molecular formula is C15H11F4N3O. The maximum absolute atomic E-state index is 12.9. The summed E-state index contributed by atoms with van der Waals surface area (Å²) in [6.45, 7) is -0.478. The number of benzene rings is 1. The van der Waals surface area contributed by atoms with Gasteiger partial charge in [0.15, 0.2) is 0 Å². The van der Waals surface area contributed by atoms with Crippen LogP contribution in [0.25, 0.3) is 0 Å².